The monoisotopic (exact) mass is 264 g/mol. The lowest BCUT2D eigenvalue weighted by Gasteiger charge is -2.35. The van der Waals surface area contributed by atoms with Gasteiger partial charge in [0.05, 0.1) is 0 Å². The smallest absolute Gasteiger partial charge is 0.320 e. The van der Waals surface area contributed by atoms with Gasteiger partial charge in [-0.25, -0.2) is 0 Å². The third kappa shape index (κ3) is 3.64. The Bertz CT molecular complexity index is 404. The summed E-state index contributed by atoms with van der Waals surface area (Å²) < 4.78 is 0. The summed E-state index contributed by atoms with van der Waals surface area (Å²) in [6, 6.07) is 3.74. The molecule has 1 saturated heterocycles. The zero-order valence-corrected chi connectivity index (χ0v) is 11.1. The maximum absolute atomic E-state index is 11.1. The van der Waals surface area contributed by atoms with Crippen molar-refractivity contribution < 1.29 is 9.90 Å². The molecule has 19 heavy (non-hydrogen) atoms. The first-order chi connectivity index (χ1) is 9.20. The summed E-state index contributed by atoms with van der Waals surface area (Å²) >= 11 is 0. The van der Waals surface area contributed by atoms with Crippen molar-refractivity contribution in [3.8, 4) is 0 Å². The van der Waals surface area contributed by atoms with E-state index in [1.165, 1.54) is 0 Å². The molecule has 1 fully saturated rings. The van der Waals surface area contributed by atoms with Crippen molar-refractivity contribution in [3.05, 3.63) is 18.3 Å². The van der Waals surface area contributed by atoms with Crippen LogP contribution >= 0.6 is 0 Å². The van der Waals surface area contributed by atoms with Crippen molar-refractivity contribution in [1.82, 2.24) is 15.1 Å². The second-order valence-corrected chi connectivity index (χ2v) is 4.83. The number of nitrogens with one attached hydrogen (secondary N) is 1. The SMILES string of the molecule is CCC(C(=O)O)N1CCC(Nc2cccnn2)CC1. The normalized spacial score (nSPS) is 19.0. The predicted molar refractivity (Wildman–Crippen MR) is 72.0 cm³/mol. The first-order valence-corrected chi connectivity index (χ1v) is 6.71. The van der Waals surface area contributed by atoms with Crippen LogP contribution in [0, 0.1) is 0 Å². The van der Waals surface area contributed by atoms with E-state index in [9.17, 15) is 4.79 Å². The molecular formula is C13H20N4O2. The predicted octanol–water partition coefficient (Wildman–Crippen LogP) is 1.22. The summed E-state index contributed by atoms with van der Waals surface area (Å²) in [4.78, 5) is 13.2. The number of hydrogen-bond acceptors (Lipinski definition) is 5. The Morgan fingerprint density at radius 3 is 2.84 bits per heavy atom. The van der Waals surface area contributed by atoms with E-state index in [2.05, 4.69) is 20.4 Å². The molecule has 6 nitrogen and oxygen atoms in total. The molecule has 0 spiro atoms. The van der Waals surface area contributed by atoms with Crippen molar-refractivity contribution in [2.75, 3.05) is 18.4 Å². The molecular weight excluding hydrogens is 244 g/mol. The Hall–Kier alpha value is -1.69. The molecule has 1 aromatic rings. The Morgan fingerprint density at radius 1 is 1.58 bits per heavy atom. The molecule has 1 aromatic heterocycles. The van der Waals surface area contributed by atoms with Gasteiger partial charge in [-0.1, -0.05) is 6.92 Å². The fourth-order valence-electron chi connectivity index (χ4n) is 2.53. The molecule has 2 N–H and O–H groups in total. The molecule has 2 heterocycles. The number of carboxylic acids is 1. The molecule has 1 unspecified atom stereocenters. The van der Waals surface area contributed by atoms with E-state index in [0.717, 1.165) is 31.7 Å². The molecule has 0 aromatic carbocycles. The standard InChI is InChI=1S/C13H20N4O2/c1-2-11(13(18)19)17-8-5-10(6-9-17)15-12-4-3-7-14-16-12/h3-4,7,10-11H,2,5-6,8-9H2,1H3,(H,15,16)(H,18,19). The highest BCUT2D eigenvalue weighted by atomic mass is 16.4. The van der Waals surface area contributed by atoms with E-state index in [0.29, 0.717) is 12.5 Å². The van der Waals surface area contributed by atoms with Gasteiger partial charge in [0.15, 0.2) is 0 Å². The van der Waals surface area contributed by atoms with Crippen molar-refractivity contribution in [1.29, 1.82) is 0 Å². The summed E-state index contributed by atoms with van der Waals surface area (Å²) in [6.07, 6.45) is 4.16. The van der Waals surface area contributed by atoms with E-state index in [1.807, 2.05) is 19.1 Å². The number of likely N-dealkylation sites (tertiary alicyclic amines) is 1. The van der Waals surface area contributed by atoms with Crippen molar-refractivity contribution in [3.63, 3.8) is 0 Å². The van der Waals surface area contributed by atoms with E-state index >= 15 is 0 Å². The van der Waals surface area contributed by atoms with Crippen molar-refractivity contribution >= 4 is 11.8 Å². The highest BCUT2D eigenvalue weighted by molar-refractivity contribution is 5.73. The van der Waals surface area contributed by atoms with Gasteiger partial charge in [-0.3, -0.25) is 9.69 Å². The van der Waals surface area contributed by atoms with Crippen molar-refractivity contribution in [2.45, 2.75) is 38.3 Å². The van der Waals surface area contributed by atoms with Crippen LogP contribution < -0.4 is 5.32 Å². The summed E-state index contributed by atoms with van der Waals surface area (Å²) in [5.74, 6) is 0.0639. The average molecular weight is 264 g/mol. The second kappa shape index (κ2) is 6.47. The van der Waals surface area contributed by atoms with Crippen molar-refractivity contribution in [2.24, 2.45) is 0 Å². The van der Waals surface area contributed by atoms with Crippen LogP contribution in [-0.2, 0) is 4.79 Å². The van der Waals surface area contributed by atoms with Gasteiger partial charge in [0.2, 0.25) is 0 Å². The number of carbonyl (C=O) groups is 1. The van der Waals surface area contributed by atoms with Crippen LogP contribution in [0.15, 0.2) is 18.3 Å². The van der Waals surface area contributed by atoms with Gasteiger partial charge in [0.25, 0.3) is 0 Å². The molecule has 1 aliphatic rings. The molecule has 6 heteroatoms. The minimum absolute atomic E-state index is 0.347. The van der Waals surface area contributed by atoms with E-state index < -0.39 is 5.97 Å². The van der Waals surface area contributed by atoms with Crippen LogP contribution in [0.25, 0.3) is 0 Å². The highest BCUT2D eigenvalue weighted by Crippen LogP contribution is 2.17. The second-order valence-electron chi connectivity index (χ2n) is 4.83. The molecule has 1 aliphatic heterocycles. The third-order valence-corrected chi connectivity index (χ3v) is 3.57. The molecule has 0 saturated carbocycles. The number of hydrogen-bond donors (Lipinski definition) is 2. The van der Waals surface area contributed by atoms with Crippen LogP contribution in [0.4, 0.5) is 5.82 Å². The van der Waals surface area contributed by atoms with Gasteiger partial charge in [0, 0.05) is 25.3 Å². The van der Waals surface area contributed by atoms with Crippen LogP contribution in [0.3, 0.4) is 0 Å². The minimum atomic E-state index is -0.720. The van der Waals surface area contributed by atoms with Crippen LogP contribution in [0.5, 0.6) is 0 Å². The summed E-state index contributed by atoms with van der Waals surface area (Å²) in [5, 5.41) is 20.3. The molecule has 104 valence electrons. The number of rotatable bonds is 5. The molecule has 0 radical (unpaired) electrons. The number of carboxylic acid groups (broad SMARTS) is 1. The number of nitrogens with zero attached hydrogens (tertiary/aromatic N) is 3. The fourth-order valence-corrected chi connectivity index (χ4v) is 2.53. The number of anilines is 1. The van der Waals surface area contributed by atoms with Gasteiger partial charge in [-0.15, -0.1) is 5.10 Å². The van der Waals surface area contributed by atoms with Gasteiger partial charge in [-0.2, -0.15) is 5.10 Å². The number of aromatic nitrogens is 2. The Balaban J connectivity index is 1.84. The molecule has 0 aliphatic carbocycles. The summed E-state index contributed by atoms with van der Waals surface area (Å²) in [6.45, 7) is 3.54. The van der Waals surface area contributed by atoms with Crippen LogP contribution in [0.1, 0.15) is 26.2 Å². The maximum Gasteiger partial charge on any atom is 0.320 e. The number of aliphatic carboxylic acids is 1. The Morgan fingerprint density at radius 2 is 2.32 bits per heavy atom. The molecule has 0 amide bonds. The van der Waals surface area contributed by atoms with E-state index in [1.54, 1.807) is 6.20 Å². The zero-order chi connectivity index (χ0) is 13.7. The number of piperidine rings is 1. The van der Waals surface area contributed by atoms with Gasteiger partial charge < -0.3 is 10.4 Å². The zero-order valence-electron chi connectivity index (χ0n) is 11.1. The van der Waals surface area contributed by atoms with Crippen LogP contribution in [0.2, 0.25) is 0 Å². The fraction of sp³-hybridized carbons (Fsp3) is 0.615. The Labute approximate surface area is 112 Å². The lowest BCUT2D eigenvalue weighted by atomic mass is 10.0. The van der Waals surface area contributed by atoms with E-state index in [-0.39, 0.29) is 6.04 Å². The largest absolute Gasteiger partial charge is 0.480 e. The summed E-state index contributed by atoms with van der Waals surface area (Å²) in [5.41, 5.74) is 0. The average Bonchev–Trinajstić information content (AvgIpc) is 2.42. The molecule has 2 rings (SSSR count). The summed E-state index contributed by atoms with van der Waals surface area (Å²) in [7, 11) is 0. The Kier molecular flexibility index (Phi) is 4.68. The quantitative estimate of drug-likeness (QED) is 0.832. The minimum Gasteiger partial charge on any atom is -0.480 e. The maximum atomic E-state index is 11.1. The highest BCUT2D eigenvalue weighted by Gasteiger charge is 2.28. The van der Waals surface area contributed by atoms with Gasteiger partial charge in [0.1, 0.15) is 11.9 Å². The lowest BCUT2D eigenvalue weighted by molar-refractivity contribution is -0.143. The molecule has 1 atom stereocenters. The van der Waals surface area contributed by atoms with Gasteiger partial charge in [-0.05, 0) is 31.4 Å². The van der Waals surface area contributed by atoms with Gasteiger partial charge >= 0.3 is 5.97 Å². The first-order valence-electron chi connectivity index (χ1n) is 6.71. The topological polar surface area (TPSA) is 78.4 Å². The molecule has 0 bridgehead atoms. The lowest BCUT2D eigenvalue weighted by Crippen LogP contribution is -2.47. The third-order valence-electron chi connectivity index (χ3n) is 3.57. The van der Waals surface area contributed by atoms with Crippen LogP contribution in [-0.4, -0.2) is 51.3 Å². The first kappa shape index (κ1) is 13.7. The van der Waals surface area contributed by atoms with E-state index in [4.69, 9.17) is 5.11 Å².